The van der Waals surface area contributed by atoms with Crippen molar-refractivity contribution in [3.05, 3.63) is 24.3 Å². The Balaban J connectivity index is 2.10. The number of carbonyl (C=O) groups is 1. The number of hydrogen-bond donors (Lipinski definition) is 2. The summed E-state index contributed by atoms with van der Waals surface area (Å²) in [7, 11) is 0. The fourth-order valence-electron chi connectivity index (χ4n) is 2.30. The Kier molecular flexibility index (Phi) is 4.89. The van der Waals surface area contributed by atoms with Crippen LogP contribution >= 0.6 is 0 Å². The van der Waals surface area contributed by atoms with Crippen molar-refractivity contribution in [1.82, 2.24) is 0 Å². The topological polar surface area (TPSA) is 101 Å². The molecule has 1 saturated carbocycles. The summed E-state index contributed by atoms with van der Waals surface area (Å²) < 4.78 is 0. The van der Waals surface area contributed by atoms with Crippen LogP contribution in [0.3, 0.4) is 0 Å². The average Bonchev–Trinajstić information content (AvgIpc) is 3.04. The fourth-order valence-corrected chi connectivity index (χ4v) is 2.30. The van der Waals surface area contributed by atoms with E-state index in [1.807, 2.05) is 0 Å². The van der Waals surface area contributed by atoms with E-state index in [-0.39, 0.29) is 17.5 Å². The second-order valence-electron chi connectivity index (χ2n) is 4.81. The third kappa shape index (κ3) is 3.80. The average molecular weight is 281 g/mol. The van der Waals surface area contributed by atoms with Crippen LogP contribution in [0.15, 0.2) is 29.4 Å². The van der Waals surface area contributed by atoms with Crippen LogP contribution in [0.5, 0.6) is 0 Å². The number of rotatable bonds is 4. The van der Waals surface area contributed by atoms with Gasteiger partial charge in [-0.3, -0.25) is 10.2 Å². The molecule has 6 heteroatoms. The quantitative estimate of drug-likeness (QED) is 0.654. The van der Waals surface area contributed by atoms with E-state index in [4.69, 9.17) is 10.5 Å². The van der Waals surface area contributed by atoms with Crippen molar-refractivity contribution >= 4 is 23.0 Å². The van der Waals surface area contributed by atoms with Crippen LogP contribution in [0.4, 0.5) is 11.4 Å². The molecule has 1 aromatic rings. The molecular formula is C15H15N5O. The highest BCUT2D eigenvalue weighted by Gasteiger charge is 2.23. The number of para-hydroxylation sites is 2. The first-order valence-corrected chi connectivity index (χ1v) is 6.78. The van der Waals surface area contributed by atoms with Gasteiger partial charge in [-0.2, -0.15) is 15.6 Å². The maximum absolute atomic E-state index is 12.1. The number of amides is 1. The molecule has 0 spiro atoms. The third-order valence-electron chi connectivity index (χ3n) is 3.41. The lowest BCUT2D eigenvalue weighted by Crippen LogP contribution is -2.20. The first-order valence-electron chi connectivity index (χ1n) is 6.78. The van der Waals surface area contributed by atoms with Crippen molar-refractivity contribution in [2.45, 2.75) is 25.7 Å². The largest absolute Gasteiger partial charge is 0.324 e. The SMILES string of the molecule is N#CC(C#N)=NNc1ccccc1NC(=O)C1CCCC1. The lowest BCUT2D eigenvalue weighted by molar-refractivity contribution is -0.119. The Morgan fingerprint density at radius 1 is 1.14 bits per heavy atom. The number of hydrazone groups is 1. The van der Waals surface area contributed by atoms with E-state index in [0.29, 0.717) is 11.4 Å². The summed E-state index contributed by atoms with van der Waals surface area (Å²) in [5.74, 6) is 0.0712. The molecule has 0 radical (unpaired) electrons. The molecule has 0 aliphatic heterocycles. The van der Waals surface area contributed by atoms with Gasteiger partial charge in [0, 0.05) is 5.92 Å². The number of carbonyl (C=O) groups excluding carboxylic acids is 1. The summed E-state index contributed by atoms with van der Waals surface area (Å²) in [5, 5.41) is 23.9. The van der Waals surface area contributed by atoms with E-state index in [2.05, 4.69) is 15.8 Å². The smallest absolute Gasteiger partial charge is 0.237 e. The molecule has 0 heterocycles. The molecule has 1 fully saturated rings. The van der Waals surface area contributed by atoms with Gasteiger partial charge in [0.25, 0.3) is 0 Å². The lowest BCUT2D eigenvalue weighted by Gasteiger charge is -2.13. The first-order chi connectivity index (χ1) is 10.2. The van der Waals surface area contributed by atoms with E-state index < -0.39 is 0 Å². The monoisotopic (exact) mass is 281 g/mol. The molecule has 0 atom stereocenters. The van der Waals surface area contributed by atoms with Crippen molar-refractivity contribution < 1.29 is 4.79 Å². The van der Waals surface area contributed by atoms with Gasteiger partial charge in [-0.1, -0.05) is 25.0 Å². The molecule has 1 amide bonds. The van der Waals surface area contributed by atoms with Gasteiger partial charge in [0.2, 0.25) is 11.6 Å². The van der Waals surface area contributed by atoms with Gasteiger partial charge in [0.05, 0.1) is 11.4 Å². The number of benzene rings is 1. The Morgan fingerprint density at radius 2 is 1.76 bits per heavy atom. The zero-order chi connectivity index (χ0) is 15.1. The number of nitrogens with zero attached hydrogens (tertiary/aromatic N) is 3. The predicted octanol–water partition coefficient (Wildman–Crippen LogP) is 2.63. The van der Waals surface area contributed by atoms with Gasteiger partial charge in [-0.25, -0.2) is 0 Å². The standard InChI is InChI=1S/C15H15N5O/c16-9-12(10-17)19-20-14-8-4-3-7-13(14)18-15(21)11-5-1-2-6-11/h3-4,7-8,11,20H,1-2,5-6H2,(H,18,21). The highest BCUT2D eigenvalue weighted by Crippen LogP contribution is 2.28. The van der Waals surface area contributed by atoms with E-state index in [9.17, 15) is 4.79 Å². The van der Waals surface area contributed by atoms with Crippen molar-refractivity contribution in [1.29, 1.82) is 10.5 Å². The van der Waals surface area contributed by atoms with E-state index in [1.54, 1.807) is 36.4 Å². The molecule has 21 heavy (non-hydrogen) atoms. The minimum Gasteiger partial charge on any atom is -0.324 e. The number of nitrogens with one attached hydrogen (secondary N) is 2. The summed E-state index contributed by atoms with van der Waals surface area (Å²) >= 11 is 0. The van der Waals surface area contributed by atoms with Crippen LogP contribution in [0.25, 0.3) is 0 Å². The summed E-state index contributed by atoms with van der Waals surface area (Å²) in [5.41, 5.74) is 3.51. The van der Waals surface area contributed by atoms with E-state index >= 15 is 0 Å². The minimum atomic E-state index is -0.271. The van der Waals surface area contributed by atoms with Gasteiger partial charge >= 0.3 is 0 Å². The van der Waals surface area contributed by atoms with Crippen LogP contribution in [-0.2, 0) is 4.79 Å². The van der Waals surface area contributed by atoms with Crippen LogP contribution in [0, 0.1) is 28.6 Å². The second kappa shape index (κ2) is 7.06. The highest BCUT2D eigenvalue weighted by molar-refractivity contribution is 6.10. The highest BCUT2D eigenvalue weighted by atomic mass is 16.1. The van der Waals surface area contributed by atoms with Crippen LogP contribution in [-0.4, -0.2) is 11.6 Å². The molecule has 1 aromatic carbocycles. The molecule has 106 valence electrons. The fraction of sp³-hybridized carbons (Fsp3) is 0.333. The van der Waals surface area contributed by atoms with Gasteiger partial charge in [0.1, 0.15) is 12.1 Å². The van der Waals surface area contributed by atoms with Gasteiger partial charge in [-0.05, 0) is 25.0 Å². The second-order valence-corrected chi connectivity index (χ2v) is 4.81. The molecule has 6 nitrogen and oxygen atoms in total. The summed E-state index contributed by atoms with van der Waals surface area (Å²) in [6, 6.07) is 10.4. The number of anilines is 2. The van der Waals surface area contributed by atoms with Crippen molar-refractivity contribution in [2.75, 3.05) is 10.7 Å². The molecule has 0 aromatic heterocycles. The van der Waals surface area contributed by atoms with Crippen LogP contribution in [0.2, 0.25) is 0 Å². The van der Waals surface area contributed by atoms with Crippen molar-refractivity contribution in [2.24, 2.45) is 11.0 Å². The minimum absolute atomic E-state index is 0.00604. The summed E-state index contributed by atoms with van der Waals surface area (Å²) in [6.45, 7) is 0. The summed E-state index contributed by atoms with van der Waals surface area (Å²) in [4.78, 5) is 12.1. The molecule has 2 rings (SSSR count). The lowest BCUT2D eigenvalue weighted by atomic mass is 10.1. The van der Waals surface area contributed by atoms with Crippen LogP contribution < -0.4 is 10.7 Å². The van der Waals surface area contributed by atoms with E-state index in [0.717, 1.165) is 25.7 Å². The maximum atomic E-state index is 12.1. The number of nitriles is 2. The Labute approximate surface area is 123 Å². The van der Waals surface area contributed by atoms with Gasteiger partial charge < -0.3 is 5.32 Å². The zero-order valence-electron chi connectivity index (χ0n) is 11.5. The third-order valence-corrected chi connectivity index (χ3v) is 3.41. The van der Waals surface area contributed by atoms with Crippen molar-refractivity contribution in [3.63, 3.8) is 0 Å². The molecule has 0 saturated heterocycles. The molecule has 1 aliphatic rings. The number of hydrogen-bond acceptors (Lipinski definition) is 5. The Hall–Kier alpha value is -2.86. The van der Waals surface area contributed by atoms with Gasteiger partial charge in [0.15, 0.2) is 0 Å². The normalized spacial score (nSPS) is 13.8. The zero-order valence-corrected chi connectivity index (χ0v) is 11.5. The van der Waals surface area contributed by atoms with Crippen LogP contribution in [0.1, 0.15) is 25.7 Å². The molecule has 0 unspecified atom stereocenters. The molecule has 2 N–H and O–H groups in total. The van der Waals surface area contributed by atoms with E-state index in [1.165, 1.54) is 0 Å². The molecular weight excluding hydrogens is 266 g/mol. The first kappa shape index (κ1) is 14.5. The van der Waals surface area contributed by atoms with Crippen molar-refractivity contribution in [3.8, 4) is 12.1 Å². The Bertz CT molecular complexity index is 616. The maximum Gasteiger partial charge on any atom is 0.237 e. The summed E-state index contributed by atoms with van der Waals surface area (Å²) in [6.07, 6.45) is 4.03. The van der Waals surface area contributed by atoms with Gasteiger partial charge in [-0.15, -0.1) is 0 Å². The molecule has 0 bridgehead atoms. The molecule has 1 aliphatic carbocycles. The Morgan fingerprint density at radius 3 is 2.38 bits per heavy atom. The predicted molar refractivity (Wildman–Crippen MR) is 79.3 cm³/mol.